The summed E-state index contributed by atoms with van der Waals surface area (Å²) in [6.45, 7) is 6.12. The SMILES string of the molecule is COc1ccc(N(C)C(=O)N(C)c2cc(C(C)(C)C)no2)cc1. The van der Waals surface area contributed by atoms with Crippen molar-refractivity contribution in [1.82, 2.24) is 5.16 Å². The number of amides is 2. The van der Waals surface area contributed by atoms with Gasteiger partial charge in [0.2, 0.25) is 5.88 Å². The molecule has 0 fully saturated rings. The van der Waals surface area contributed by atoms with Crippen LogP contribution >= 0.6 is 0 Å². The molecule has 2 rings (SSSR count). The minimum atomic E-state index is -0.216. The highest BCUT2D eigenvalue weighted by molar-refractivity contribution is 6.02. The van der Waals surface area contributed by atoms with Crippen molar-refractivity contribution in [2.75, 3.05) is 31.0 Å². The summed E-state index contributed by atoms with van der Waals surface area (Å²) in [4.78, 5) is 15.6. The Kier molecular flexibility index (Phi) is 4.63. The van der Waals surface area contributed by atoms with Gasteiger partial charge in [0.15, 0.2) is 0 Å². The fraction of sp³-hybridized carbons (Fsp3) is 0.412. The highest BCUT2D eigenvalue weighted by atomic mass is 16.5. The lowest BCUT2D eigenvalue weighted by Gasteiger charge is -2.23. The zero-order chi connectivity index (χ0) is 17.2. The lowest BCUT2D eigenvalue weighted by atomic mass is 9.92. The normalized spacial score (nSPS) is 11.2. The number of anilines is 2. The van der Waals surface area contributed by atoms with E-state index in [0.717, 1.165) is 17.1 Å². The smallest absolute Gasteiger partial charge is 0.330 e. The fourth-order valence-corrected chi connectivity index (χ4v) is 2.01. The van der Waals surface area contributed by atoms with Gasteiger partial charge in [0.05, 0.1) is 12.8 Å². The van der Waals surface area contributed by atoms with Crippen LogP contribution in [-0.4, -0.2) is 32.4 Å². The van der Waals surface area contributed by atoms with E-state index in [0.29, 0.717) is 5.88 Å². The van der Waals surface area contributed by atoms with Gasteiger partial charge in [-0.2, -0.15) is 0 Å². The molecule has 0 radical (unpaired) electrons. The third kappa shape index (κ3) is 3.64. The summed E-state index contributed by atoms with van der Waals surface area (Å²) in [5.74, 6) is 1.16. The number of benzene rings is 1. The van der Waals surface area contributed by atoms with Gasteiger partial charge >= 0.3 is 6.03 Å². The van der Waals surface area contributed by atoms with E-state index < -0.39 is 0 Å². The molecular formula is C17H23N3O3. The summed E-state index contributed by atoms with van der Waals surface area (Å²) in [5.41, 5.74) is 1.44. The molecule has 6 nitrogen and oxygen atoms in total. The number of ether oxygens (including phenoxy) is 1. The fourth-order valence-electron chi connectivity index (χ4n) is 2.01. The van der Waals surface area contributed by atoms with Crippen LogP contribution in [-0.2, 0) is 5.41 Å². The van der Waals surface area contributed by atoms with Gasteiger partial charge in [0, 0.05) is 31.3 Å². The Hall–Kier alpha value is -2.50. The average molecular weight is 317 g/mol. The molecule has 0 aliphatic rings. The van der Waals surface area contributed by atoms with Crippen molar-refractivity contribution in [3.63, 3.8) is 0 Å². The second-order valence-corrected chi connectivity index (χ2v) is 6.40. The number of carbonyl (C=O) groups excluding carboxylic acids is 1. The molecule has 0 aliphatic carbocycles. The molecule has 23 heavy (non-hydrogen) atoms. The van der Waals surface area contributed by atoms with Gasteiger partial charge in [-0.15, -0.1) is 0 Å². The van der Waals surface area contributed by atoms with Gasteiger partial charge < -0.3 is 9.26 Å². The van der Waals surface area contributed by atoms with Gasteiger partial charge in [-0.1, -0.05) is 25.9 Å². The molecule has 0 unspecified atom stereocenters. The summed E-state index contributed by atoms with van der Waals surface area (Å²) in [6.07, 6.45) is 0. The third-order valence-electron chi connectivity index (χ3n) is 3.63. The van der Waals surface area contributed by atoms with Crippen molar-refractivity contribution in [3.05, 3.63) is 36.0 Å². The molecule has 0 N–H and O–H groups in total. The first-order chi connectivity index (χ1) is 10.7. The van der Waals surface area contributed by atoms with Gasteiger partial charge in [0.1, 0.15) is 5.75 Å². The van der Waals surface area contributed by atoms with Crippen LogP contribution in [0, 0.1) is 0 Å². The minimum absolute atomic E-state index is 0.131. The van der Waals surface area contributed by atoms with E-state index in [1.165, 1.54) is 4.90 Å². The monoisotopic (exact) mass is 317 g/mol. The standard InChI is InChI=1S/C17H23N3O3/c1-17(2,3)14-11-15(23-18-14)20(5)16(21)19(4)12-7-9-13(22-6)10-8-12/h7-11H,1-6H3. The summed E-state index contributed by atoms with van der Waals surface area (Å²) in [7, 11) is 4.98. The Morgan fingerprint density at radius 3 is 2.22 bits per heavy atom. The van der Waals surface area contributed by atoms with E-state index in [9.17, 15) is 4.79 Å². The van der Waals surface area contributed by atoms with E-state index in [1.54, 1.807) is 32.2 Å². The van der Waals surface area contributed by atoms with E-state index in [1.807, 2.05) is 45.0 Å². The van der Waals surface area contributed by atoms with Crippen molar-refractivity contribution in [3.8, 4) is 5.75 Å². The average Bonchev–Trinajstić information content (AvgIpc) is 3.03. The van der Waals surface area contributed by atoms with Crippen molar-refractivity contribution < 1.29 is 14.1 Å². The van der Waals surface area contributed by atoms with E-state index in [2.05, 4.69) is 5.16 Å². The molecule has 0 saturated carbocycles. The first-order valence-corrected chi connectivity index (χ1v) is 7.36. The Balaban J connectivity index is 2.16. The largest absolute Gasteiger partial charge is 0.497 e. The van der Waals surface area contributed by atoms with Crippen LogP contribution in [0.1, 0.15) is 26.5 Å². The molecule has 2 aromatic rings. The molecule has 0 atom stereocenters. The number of methoxy groups -OCH3 is 1. The number of urea groups is 1. The van der Waals surface area contributed by atoms with Gasteiger partial charge in [-0.25, -0.2) is 4.79 Å². The first kappa shape index (κ1) is 16.9. The first-order valence-electron chi connectivity index (χ1n) is 7.36. The second-order valence-electron chi connectivity index (χ2n) is 6.40. The second kappa shape index (κ2) is 6.32. The van der Waals surface area contributed by atoms with Crippen molar-refractivity contribution in [1.29, 1.82) is 0 Å². The van der Waals surface area contributed by atoms with Crippen LogP contribution in [0.4, 0.5) is 16.4 Å². The summed E-state index contributed by atoms with van der Waals surface area (Å²) < 4.78 is 10.4. The molecule has 1 heterocycles. The van der Waals surface area contributed by atoms with Crippen LogP contribution in [0.15, 0.2) is 34.9 Å². The molecule has 1 aromatic carbocycles. The molecule has 6 heteroatoms. The topological polar surface area (TPSA) is 58.8 Å². The van der Waals surface area contributed by atoms with Crippen LogP contribution in [0.5, 0.6) is 5.75 Å². The predicted molar refractivity (Wildman–Crippen MR) is 90.4 cm³/mol. The summed E-state index contributed by atoms with van der Waals surface area (Å²) >= 11 is 0. The number of hydrogen-bond acceptors (Lipinski definition) is 4. The quantitative estimate of drug-likeness (QED) is 0.866. The molecule has 0 spiro atoms. The zero-order valence-electron chi connectivity index (χ0n) is 14.5. The number of carbonyl (C=O) groups is 1. The van der Waals surface area contributed by atoms with Crippen LogP contribution in [0.3, 0.4) is 0 Å². The van der Waals surface area contributed by atoms with E-state index >= 15 is 0 Å². The van der Waals surface area contributed by atoms with Crippen LogP contribution in [0.2, 0.25) is 0 Å². The number of hydrogen-bond donors (Lipinski definition) is 0. The number of nitrogens with zero attached hydrogens (tertiary/aromatic N) is 3. The Bertz CT molecular complexity index is 671. The Morgan fingerprint density at radius 2 is 1.74 bits per heavy atom. The zero-order valence-corrected chi connectivity index (χ0v) is 14.5. The lowest BCUT2D eigenvalue weighted by molar-refractivity contribution is 0.252. The van der Waals surface area contributed by atoms with Gasteiger partial charge in [0.25, 0.3) is 0 Å². The van der Waals surface area contributed by atoms with Crippen molar-refractivity contribution in [2.45, 2.75) is 26.2 Å². The minimum Gasteiger partial charge on any atom is -0.497 e. The Labute approximate surface area is 136 Å². The van der Waals surface area contributed by atoms with Gasteiger partial charge in [-0.3, -0.25) is 9.80 Å². The van der Waals surface area contributed by atoms with Crippen LogP contribution in [0.25, 0.3) is 0 Å². The van der Waals surface area contributed by atoms with E-state index in [-0.39, 0.29) is 11.4 Å². The number of aromatic nitrogens is 1. The third-order valence-corrected chi connectivity index (χ3v) is 3.63. The molecule has 2 amide bonds. The maximum absolute atomic E-state index is 12.6. The summed E-state index contributed by atoms with van der Waals surface area (Å²) in [6, 6.07) is 8.85. The molecule has 0 bridgehead atoms. The lowest BCUT2D eigenvalue weighted by Crippen LogP contribution is -2.38. The predicted octanol–water partition coefficient (Wildman–Crippen LogP) is 3.67. The maximum Gasteiger partial charge on any atom is 0.330 e. The van der Waals surface area contributed by atoms with Crippen molar-refractivity contribution >= 4 is 17.6 Å². The number of rotatable bonds is 3. The highest BCUT2D eigenvalue weighted by Crippen LogP contribution is 2.26. The van der Waals surface area contributed by atoms with Crippen molar-refractivity contribution in [2.24, 2.45) is 0 Å². The summed E-state index contributed by atoms with van der Waals surface area (Å²) in [5, 5.41) is 4.04. The highest BCUT2D eigenvalue weighted by Gasteiger charge is 2.24. The Morgan fingerprint density at radius 1 is 1.13 bits per heavy atom. The molecule has 0 aliphatic heterocycles. The van der Waals surface area contributed by atoms with Gasteiger partial charge in [-0.05, 0) is 24.3 Å². The molecule has 1 aromatic heterocycles. The molecular weight excluding hydrogens is 294 g/mol. The molecule has 124 valence electrons. The van der Waals surface area contributed by atoms with Crippen LogP contribution < -0.4 is 14.5 Å². The molecule has 0 saturated heterocycles. The van der Waals surface area contributed by atoms with E-state index in [4.69, 9.17) is 9.26 Å². The maximum atomic E-state index is 12.6.